The second kappa shape index (κ2) is 10.6. The van der Waals surface area contributed by atoms with E-state index in [0.29, 0.717) is 28.5 Å². The van der Waals surface area contributed by atoms with Gasteiger partial charge in [-0.1, -0.05) is 23.7 Å². The lowest BCUT2D eigenvalue weighted by molar-refractivity contribution is -0.145. The van der Waals surface area contributed by atoms with Crippen LogP contribution in [0.5, 0.6) is 5.75 Å². The summed E-state index contributed by atoms with van der Waals surface area (Å²) in [7, 11) is 0. The molecule has 0 saturated carbocycles. The Bertz CT molecular complexity index is 879. The van der Waals surface area contributed by atoms with E-state index < -0.39 is 12.0 Å². The maximum Gasteiger partial charge on any atom is 0.308 e. The van der Waals surface area contributed by atoms with Crippen LogP contribution in [0, 0.1) is 0 Å². The van der Waals surface area contributed by atoms with E-state index in [1.807, 2.05) is 6.92 Å². The first-order valence-corrected chi connectivity index (χ1v) is 9.62. The zero-order chi connectivity index (χ0) is 21.4. The van der Waals surface area contributed by atoms with E-state index in [9.17, 15) is 14.4 Å². The second-order valence-corrected chi connectivity index (χ2v) is 6.92. The first-order chi connectivity index (χ1) is 13.8. The van der Waals surface area contributed by atoms with Crippen LogP contribution < -0.4 is 10.1 Å². The number of carbonyl (C=O) groups excluding carboxylic acids is 3. The minimum Gasteiger partial charge on any atom is -0.493 e. The van der Waals surface area contributed by atoms with Crippen LogP contribution in [0.2, 0.25) is 5.02 Å². The van der Waals surface area contributed by atoms with Gasteiger partial charge >= 0.3 is 5.97 Å². The van der Waals surface area contributed by atoms with E-state index in [1.54, 1.807) is 42.5 Å². The Morgan fingerprint density at radius 1 is 1.07 bits per heavy atom. The summed E-state index contributed by atoms with van der Waals surface area (Å²) in [5.41, 5.74) is 1.86. The molecule has 2 aromatic rings. The van der Waals surface area contributed by atoms with Crippen molar-refractivity contribution in [2.24, 2.45) is 0 Å². The second-order valence-electron chi connectivity index (χ2n) is 6.48. The van der Waals surface area contributed by atoms with Crippen molar-refractivity contribution in [3.05, 3.63) is 64.2 Å². The minimum absolute atomic E-state index is 0.0390. The van der Waals surface area contributed by atoms with Crippen molar-refractivity contribution in [2.75, 3.05) is 6.61 Å². The average Bonchev–Trinajstić information content (AvgIpc) is 2.67. The highest BCUT2D eigenvalue weighted by Gasteiger charge is 2.19. The number of hydrogen-bond donors (Lipinski definition) is 1. The van der Waals surface area contributed by atoms with Crippen molar-refractivity contribution in [1.29, 1.82) is 0 Å². The fraction of sp³-hybridized carbons (Fsp3) is 0.318. The summed E-state index contributed by atoms with van der Waals surface area (Å²) in [5.74, 6) is -0.282. The molecular weight excluding hydrogens is 394 g/mol. The lowest BCUT2D eigenvalue weighted by atomic mass is 10.0. The number of esters is 1. The SMILES string of the molecule is CCOc1ccc(C(C)=O)cc1COC(=O)CC(NC(C)=O)c1ccc(Cl)cc1. The van der Waals surface area contributed by atoms with Crippen molar-refractivity contribution in [3.8, 4) is 5.75 Å². The first kappa shape index (κ1) is 22.4. The molecule has 0 heterocycles. The molecule has 2 aromatic carbocycles. The molecule has 0 saturated heterocycles. The molecule has 0 bridgehead atoms. The third kappa shape index (κ3) is 6.91. The summed E-state index contributed by atoms with van der Waals surface area (Å²) < 4.78 is 10.9. The average molecular weight is 418 g/mol. The van der Waals surface area contributed by atoms with Crippen LogP contribution >= 0.6 is 11.6 Å². The lowest BCUT2D eigenvalue weighted by Gasteiger charge is -2.18. The van der Waals surface area contributed by atoms with Crippen molar-refractivity contribution in [2.45, 2.75) is 39.8 Å². The van der Waals surface area contributed by atoms with E-state index in [0.717, 1.165) is 5.56 Å². The minimum atomic E-state index is -0.535. The quantitative estimate of drug-likeness (QED) is 0.487. The monoisotopic (exact) mass is 417 g/mol. The Kier molecular flexibility index (Phi) is 8.21. The van der Waals surface area contributed by atoms with E-state index in [1.165, 1.54) is 13.8 Å². The molecule has 1 atom stereocenters. The third-order valence-corrected chi connectivity index (χ3v) is 4.43. The molecule has 0 radical (unpaired) electrons. The van der Waals surface area contributed by atoms with Gasteiger partial charge in [-0.25, -0.2) is 0 Å². The highest BCUT2D eigenvalue weighted by atomic mass is 35.5. The van der Waals surface area contributed by atoms with Crippen LogP contribution in [0.15, 0.2) is 42.5 Å². The zero-order valence-corrected chi connectivity index (χ0v) is 17.4. The van der Waals surface area contributed by atoms with Gasteiger partial charge in [-0.05, 0) is 49.7 Å². The largest absolute Gasteiger partial charge is 0.493 e. The lowest BCUT2D eigenvalue weighted by Crippen LogP contribution is -2.28. The zero-order valence-electron chi connectivity index (χ0n) is 16.7. The van der Waals surface area contributed by atoms with Crippen LogP contribution in [-0.2, 0) is 20.9 Å². The molecule has 7 heteroatoms. The molecule has 154 valence electrons. The Balaban J connectivity index is 2.10. The molecule has 1 unspecified atom stereocenters. The molecule has 1 amide bonds. The van der Waals surface area contributed by atoms with Gasteiger partial charge in [-0.2, -0.15) is 0 Å². The van der Waals surface area contributed by atoms with E-state index in [-0.39, 0.29) is 24.7 Å². The molecular formula is C22H24ClNO5. The van der Waals surface area contributed by atoms with E-state index in [2.05, 4.69) is 5.32 Å². The number of hydrogen-bond acceptors (Lipinski definition) is 5. The number of ketones is 1. The standard InChI is InChI=1S/C22H24ClNO5/c1-4-28-21-10-7-17(14(2)25)11-18(21)13-29-22(27)12-20(24-15(3)26)16-5-8-19(23)9-6-16/h5-11,20H,4,12-13H2,1-3H3,(H,24,26). The Labute approximate surface area is 175 Å². The molecule has 6 nitrogen and oxygen atoms in total. The van der Waals surface area contributed by atoms with E-state index >= 15 is 0 Å². The van der Waals surface area contributed by atoms with Crippen LogP contribution in [0.1, 0.15) is 54.7 Å². The molecule has 1 N–H and O–H groups in total. The van der Waals surface area contributed by atoms with Gasteiger partial charge in [0.1, 0.15) is 12.4 Å². The molecule has 29 heavy (non-hydrogen) atoms. The fourth-order valence-corrected chi connectivity index (χ4v) is 2.91. The number of carbonyl (C=O) groups is 3. The summed E-state index contributed by atoms with van der Waals surface area (Å²) in [5, 5.41) is 3.31. The maximum atomic E-state index is 12.4. The van der Waals surface area contributed by atoms with Crippen molar-refractivity contribution in [3.63, 3.8) is 0 Å². The predicted molar refractivity (Wildman–Crippen MR) is 110 cm³/mol. The molecule has 0 spiro atoms. The number of rotatable bonds is 9. The number of halogens is 1. The molecule has 0 aromatic heterocycles. The highest BCUT2D eigenvalue weighted by molar-refractivity contribution is 6.30. The topological polar surface area (TPSA) is 81.7 Å². The van der Waals surface area contributed by atoms with Gasteiger partial charge in [0.05, 0.1) is 19.1 Å². The molecule has 0 aliphatic carbocycles. The van der Waals surface area contributed by atoms with Crippen LogP contribution in [-0.4, -0.2) is 24.3 Å². The Morgan fingerprint density at radius 3 is 2.34 bits per heavy atom. The van der Waals surface area contributed by atoms with Gasteiger partial charge in [-0.3, -0.25) is 14.4 Å². The van der Waals surface area contributed by atoms with Gasteiger partial charge in [0.15, 0.2) is 5.78 Å². The fourth-order valence-electron chi connectivity index (χ4n) is 2.78. The Morgan fingerprint density at radius 2 is 1.76 bits per heavy atom. The van der Waals surface area contributed by atoms with Gasteiger partial charge in [-0.15, -0.1) is 0 Å². The number of Topliss-reactive ketones (excluding diaryl/α,β-unsaturated/α-hetero) is 1. The first-order valence-electron chi connectivity index (χ1n) is 9.25. The predicted octanol–water partition coefficient (Wildman–Crippen LogP) is 4.25. The van der Waals surface area contributed by atoms with Crippen molar-refractivity contribution < 1.29 is 23.9 Å². The number of nitrogens with one attached hydrogen (secondary N) is 1. The third-order valence-electron chi connectivity index (χ3n) is 4.18. The molecule has 0 fully saturated rings. The highest BCUT2D eigenvalue weighted by Crippen LogP contribution is 2.24. The summed E-state index contributed by atoms with van der Waals surface area (Å²) in [6.07, 6.45) is -0.0441. The number of amides is 1. The van der Waals surface area contributed by atoms with Gasteiger partial charge in [0.2, 0.25) is 5.91 Å². The van der Waals surface area contributed by atoms with E-state index in [4.69, 9.17) is 21.1 Å². The smallest absolute Gasteiger partial charge is 0.308 e. The Hall–Kier alpha value is -2.86. The van der Waals surface area contributed by atoms with Crippen molar-refractivity contribution in [1.82, 2.24) is 5.32 Å². The van der Waals surface area contributed by atoms with Gasteiger partial charge in [0.25, 0.3) is 0 Å². The molecule has 2 rings (SSSR count). The summed E-state index contributed by atoms with van der Waals surface area (Å²) in [4.78, 5) is 35.6. The normalized spacial score (nSPS) is 11.4. The van der Waals surface area contributed by atoms with Gasteiger partial charge in [0, 0.05) is 23.1 Å². The van der Waals surface area contributed by atoms with Gasteiger partial charge < -0.3 is 14.8 Å². The maximum absolute atomic E-state index is 12.4. The summed E-state index contributed by atoms with van der Waals surface area (Å²) in [6, 6.07) is 11.4. The number of ether oxygens (including phenoxy) is 2. The van der Waals surface area contributed by atoms with Crippen LogP contribution in [0.25, 0.3) is 0 Å². The summed E-state index contributed by atoms with van der Waals surface area (Å²) >= 11 is 5.91. The number of benzene rings is 2. The summed E-state index contributed by atoms with van der Waals surface area (Å²) in [6.45, 7) is 5.11. The van der Waals surface area contributed by atoms with Crippen LogP contribution in [0.4, 0.5) is 0 Å². The van der Waals surface area contributed by atoms with Crippen molar-refractivity contribution >= 4 is 29.3 Å². The molecule has 0 aliphatic rings. The molecule has 0 aliphatic heterocycles. The van der Waals surface area contributed by atoms with Crippen LogP contribution in [0.3, 0.4) is 0 Å².